The summed E-state index contributed by atoms with van der Waals surface area (Å²) >= 11 is 0. The molecule has 1 aromatic rings. The van der Waals surface area contributed by atoms with Gasteiger partial charge in [0.1, 0.15) is 5.82 Å². The van der Waals surface area contributed by atoms with E-state index in [9.17, 15) is 19.4 Å². The van der Waals surface area contributed by atoms with Gasteiger partial charge in [0.2, 0.25) is 0 Å². The summed E-state index contributed by atoms with van der Waals surface area (Å²) in [5.74, 6) is -0.378. The standard InChI is InChI=1S/C21H35FN2O3/c1-8-21(27,9-2)16-11-10-15(22)14-17(16)23-13-12-20(6,7)24(18(25)26)19(3,4)5/h10-11,14,23,27H,8-9,12-13H2,1-7H3,(H,25,26). The van der Waals surface area contributed by atoms with Crippen LogP contribution in [-0.2, 0) is 5.60 Å². The average molecular weight is 383 g/mol. The molecule has 3 N–H and O–H groups in total. The van der Waals surface area contributed by atoms with Crippen LogP contribution in [0.25, 0.3) is 0 Å². The normalized spacial score (nSPS) is 12.8. The van der Waals surface area contributed by atoms with E-state index in [-0.39, 0.29) is 5.82 Å². The van der Waals surface area contributed by atoms with Crippen LogP contribution in [0.5, 0.6) is 0 Å². The predicted molar refractivity (Wildman–Crippen MR) is 108 cm³/mol. The third-order valence-corrected chi connectivity index (χ3v) is 5.17. The van der Waals surface area contributed by atoms with E-state index in [1.54, 1.807) is 6.07 Å². The zero-order valence-corrected chi connectivity index (χ0v) is 17.7. The second-order valence-electron chi connectivity index (χ2n) is 8.71. The molecule has 27 heavy (non-hydrogen) atoms. The molecule has 0 aliphatic carbocycles. The smallest absolute Gasteiger partial charge is 0.408 e. The first-order chi connectivity index (χ1) is 12.3. The molecule has 1 aromatic carbocycles. The van der Waals surface area contributed by atoms with Gasteiger partial charge in [-0.15, -0.1) is 0 Å². The van der Waals surface area contributed by atoms with E-state index in [0.717, 1.165) is 0 Å². The summed E-state index contributed by atoms with van der Waals surface area (Å²) in [6, 6.07) is 4.36. The number of anilines is 1. The van der Waals surface area contributed by atoms with E-state index >= 15 is 0 Å². The van der Waals surface area contributed by atoms with E-state index in [1.807, 2.05) is 48.5 Å². The van der Waals surface area contributed by atoms with Gasteiger partial charge in [-0.05, 0) is 66.0 Å². The third kappa shape index (κ3) is 5.58. The van der Waals surface area contributed by atoms with Gasteiger partial charge in [-0.3, -0.25) is 4.90 Å². The summed E-state index contributed by atoms with van der Waals surface area (Å²) in [6.45, 7) is 13.6. The van der Waals surface area contributed by atoms with Crippen molar-refractivity contribution in [1.29, 1.82) is 0 Å². The molecule has 0 fully saturated rings. The molecule has 0 aromatic heterocycles. The lowest BCUT2D eigenvalue weighted by atomic mass is 9.87. The second-order valence-corrected chi connectivity index (χ2v) is 8.71. The van der Waals surface area contributed by atoms with Crippen molar-refractivity contribution in [2.24, 2.45) is 0 Å². The van der Waals surface area contributed by atoms with E-state index in [4.69, 9.17) is 0 Å². The summed E-state index contributed by atoms with van der Waals surface area (Å²) in [7, 11) is 0. The van der Waals surface area contributed by atoms with Gasteiger partial charge >= 0.3 is 6.09 Å². The average Bonchev–Trinajstić information content (AvgIpc) is 2.51. The molecule has 154 valence electrons. The van der Waals surface area contributed by atoms with Crippen molar-refractivity contribution in [3.63, 3.8) is 0 Å². The molecule has 1 rings (SSSR count). The van der Waals surface area contributed by atoms with Gasteiger partial charge in [0.05, 0.1) is 5.60 Å². The SMILES string of the molecule is CCC(O)(CC)c1ccc(F)cc1NCCC(C)(C)N(C(=O)O)C(C)(C)C. The highest BCUT2D eigenvalue weighted by Crippen LogP contribution is 2.35. The fourth-order valence-electron chi connectivity index (χ4n) is 3.77. The summed E-state index contributed by atoms with van der Waals surface area (Å²) in [4.78, 5) is 13.2. The van der Waals surface area contributed by atoms with E-state index < -0.39 is 22.8 Å². The Balaban J connectivity index is 3.02. The fourth-order valence-corrected chi connectivity index (χ4v) is 3.77. The van der Waals surface area contributed by atoms with Crippen LogP contribution in [0.4, 0.5) is 14.9 Å². The highest BCUT2D eigenvalue weighted by atomic mass is 19.1. The number of benzene rings is 1. The maximum absolute atomic E-state index is 13.8. The lowest BCUT2D eigenvalue weighted by molar-refractivity contribution is 0.0289. The molecule has 0 radical (unpaired) electrons. The highest BCUT2D eigenvalue weighted by Gasteiger charge is 2.38. The van der Waals surface area contributed by atoms with Gasteiger partial charge < -0.3 is 15.5 Å². The molecule has 0 spiro atoms. The lowest BCUT2D eigenvalue weighted by Crippen LogP contribution is -2.57. The van der Waals surface area contributed by atoms with Crippen molar-refractivity contribution in [2.75, 3.05) is 11.9 Å². The van der Waals surface area contributed by atoms with Gasteiger partial charge in [-0.2, -0.15) is 0 Å². The minimum Gasteiger partial charge on any atom is -0.465 e. The van der Waals surface area contributed by atoms with Crippen molar-refractivity contribution in [3.8, 4) is 0 Å². The van der Waals surface area contributed by atoms with Gasteiger partial charge in [0.15, 0.2) is 0 Å². The molecule has 0 atom stereocenters. The third-order valence-electron chi connectivity index (χ3n) is 5.17. The topological polar surface area (TPSA) is 72.8 Å². The maximum Gasteiger partial charge on any atom is 0.408 e. The van der Waals surface area contributed by atoms with Crippen molar-refractivity contribution >= 4 is 11.8 Å². The lowest BCUT2D eigenvalue weighted by Gasteiger charge is -2.45. The van der Waals surface area contributed by atoms with Gasteiger partial charge in [-0.25, -0.2) is 9.18 Å². The minimum atomic E-state index is -1.02. The van der Waals surface area contributed by atoms with Gasteiger partial charge in [0, 0.05) is 28.9 Å². The molecule has 0 heterocycles. The Labute approximate surface area is 162 Å². The van der Waals surface area contributed by atoms with Gasteiger partial charge in [-0.1, -0.05) is 19.9 Å². The first-order valence-electron chi connectivity index (χ1n) is 9.58. The number of carboxylic acid groups (broad SMARTS) is 1. The molecule has 5 nitrogen and oxygen atoms in total. The molecule has 0 saturated carbocycles. The van der Waals surface area contributed by atoms with Crippen LogP contribution in [0.3, 0.4) is 0 Å². The highest BCUT2D eigenvalue weighted by molar-refractivity contribution is 5.67. The molecule has 0 aliphatic rings. The van der Waals surface area contributed by atoms with Crippen LogP contribution in [0.15, 0.2) is 18.2 Å². The molecule has 0 bridgehead atoms. The van der Waals surface area contributed by atoms with Crippen LogP contribution in [0.1, 0.15) is 73.3 Å². The number of nitrogens with zero attached hydrogens (tertiary/aromatic N) is 1. The first kappa shape index (κ1) is 23.2. The fraction of sp³-hybridized carbons (Fsp3) is 0.667. The Morgan fingerprint density at radius 2 is 1.70 bits per heavy atom. The Kier molecular flexibility index (Phi) is 7.28. The van der Waals surface area contributed by atoms with Crippen molar-refractivity contribution in [3.05, 3.63) is 29.6 Å². The summed E-state index contributed by atoms with van der Waals surface area (Å²) in [5, 5.41) is 23.7. The Hall–Kier alpha value is -1.82. The summed E-state index contributed by atoms with van der Waals surface area (Å²) in [6.07, 6.45) is 0.604. The number of hydrogen-bond acceptors (Lipinski definition) is 3. The van der Waals surface area contributed by atoms with Crippen LogP contribution in [0.2, 0.25) is 0 Å². The van der Waals surface area contributed by atoms with E-state index in [2.05, 4.69) is 5.32 Å². The number of aliphatic hydroxyl groups is 1. The van der Waals surface area contributed by atoms with Crippen LogP contribution in [-0.4, -0.2) is 38.8 Å². The quantitative estimate of drug-likeness (QED) is 0.578. The predicted octanol–water partition coefficient (Wildman–Crippen LogP) is 5.19. The van der Waals surface area contributed by atoms with Crippen molar-refractivity contribution < 1.29 is 19.4 Å². The number of carbonyl (C=O) groups is 1. The molecule has 0 unspecified atom stereocenters. The zero-order valence-electron chi connectivity index (χ0n) is 17.7. The van der Waals surface area contributed by atoms with Crippen molar-refractivity contribution in [2.45, 2.75) is 84.4 Å². The zero-order chi connectivity index (χ0) is 21.0. The molecule has 0 saturated heterocycles. The molecule has 0 aliphatic heterocycles. The second kappa shape index (κ2) is 8.46. The van der Waals surface area contributed by atoms with Gasteiger partial charge in [0.25, 0.3) is 0 Å². The van der Waals surface area contributed by atoms with E-state index in [0.29, 0.717) is 37.1 Å². The first-order valence-corrected chi connectivity index (χ1v) is 9.58. The number of rotatable bonds is 8. The molecular formula is C21H35FN2O3. The molecule has 1 amide bonds. The summed E-state index contributed by atoms with van der Waals surface area (Å²) in [5.41, 5.74) is -0.961. The number of hydrogen-bond donors (Lipinski definition) is 3. The Morgan fingerprint density at radius 1 is 1.15 bits per heavy atom. The Morgan fingerprint density at radius 3 is 2.15 bits per heavy atom. The van der Waals surface area contributed by atoms with Crippen molar-refractivity contribution in [1.82, 2.24) is 4.90 Å². The van der Waals surface area contributed by atoms with Crippen LogP contribution < -0.4 is 5.32 Å². The number of nitrogens with one attached hydrogen (secondary N) is 1. The van der Waals surface area contributed by atoms with E-state index in [1.165, 1.54) is 17.0 Å². The molecule has 6 heteroatoms. The largest absolute Gasteiger partial charge is 0.465 e. The monoisotopic (exact) mass is 382 g/mol. The summed E-state index contributed by atoms with van der Waals surface area (Å²) < 4.78 is 13.8. The Bertz CT molecular complexity index is 649. The maximum atomic E-state index is 13.8. The molecular weight excluding hydrogens is 347 g/mol. The number of amides is 1. The van der Waals surface area contributed by atoms with Crippen LogP contribution in [0, 0.1) is 5.82 Å². The minimum absolute atomic E-state index is 0.378. The number of halogens is 1. The van der Waals surface area contributed by atoms with Crippen LogP contribution >= 0.6 is 0 Å².